The SMILES string of the molecule is CC(N)c1ccccc1.NS(=O)[O-]. The van der Waals surface area contributed by atoms with E-state index in [0.29, 0.717) is 0 Å². The van der Waals surface area contributed by atoms with E-state index in [1.54, 1.807) is 0 Å². The van der Waals surface area contributed by atoms with E-state index in [9.17, 15) is 0 Å². The molecule has 0 aliphatic rings. The number of hydrogen-bond donors (Lipinski definition) is 2. The van der Waals surface area contributed by atoms with Crippen LogP contribution in [0.25, 0.3) is 0 Å². The largest absolute Gasteiger partial charge is 0.760 e. The minimum atomic E-state index is -2.36. The quantitative estimate of drug-likeness (QED) is 0.646. The molecule has 0 aliphatic heterocycles. The summed E-state index contributed by atoms with van der Waals surface area (Å²) in [6.45, 7) is 1.98. The van der Waals surface area contributed by atoms with Crippen LogP contribution in [0.3, 0.4) is 0 Å². The number of hydrogen-bond acceptors (Lipinski definition) is 3. The van der Waals surface area contributed by atoms with Gasteiger partial charge in [0.05, 0.1) is 0 Å². The van der Waals surface area contributed by atoms with Gasteiger partial charge in [0.2, 0.25) is 0 Å². The molecule has 2 unspecified atom stereocenters. The molecule has 0 radical (unpaired) electrons. The van der Waals surface area contributed by atoms with E-state index in [0.717, 1.165) is 0 Å². The second kappa shape index (κ2) is 6.73. The van der Waals surface area contributed by atoms with E-state index in [-0.39, 0.29) is 6.04 Å². The number of nitrogens with two attached hydrogens (primary N) is 2. The van der Waals surface area contributed by atoms with Gasteiger partial charge in [-0.1, -0.05) is 30.3 Å². The van der Waals surface area contributed by atoms with Gasteiger partial charge < -0.3 is 10.3 Å². The standard InChI is InChI=1S/C8H11N.H3NO2S/c1-7(9)8-5-3-2-4-6-8;1-4(2)3/h2-7H,9H2,1H3;1H2,(H,2,3)/p-1. The topological polar surface area (TPSA) is 92.2 Å². The third-order valence-corrected chi connectivity index (χ3v) is 1.33. The first-order valence-electron chi connectivity index (χ1n) is 3.68. The van der Waals surface area contributed by atoms with Gasteiger partial charge in [-0.25, -0.2) is 0 Å². The summed E-state index contributed by atoms with van der Waals surface area (Å²) < 4.78 is 17.6. The fourth-order valence-corrected chi connectivity index (χ4v) is 0.757. The first-order valence-corrected chi connectivity index (χ1v) is 4.82. The molecule has 0 aliphatic carbocycles. The molecule has 1 rings (SSSR count). The number of benzene rings is 1. The molecule has 4 N–H and O–H groups in total. The summed E-state index contributed by atoms with van der Waals surface area (Å²) in [5.41, 5.74) is 6.81. The van der Waals surface area contributed by atoms with Crippen LogP contribution in [-0.4, -0.2) is 8.76 Å². The first-order chi connectivity index (χ1) is 6.04. The van der Waals surface area contributed by atoms with Gasteiger partial charge in [-0.2, -0.15) is 0 Å². The van der Waals surface area contributed by atoms with Gasteiger partial charge in [-0.15, -0.1) is 0 Å². The van der Waals surface area contributed by atoms with Crippen molar-refractivity contribution in [2.75, 3.05) is 0 Å². The van der Waals surface area contributed by atoms with Crippen molar-refractivity contribution in [1.82, 2.24) is 0 Å². The highest BCUT2D eigenvalue weighted by molar-refractivity contribution is 7.76. The molecule has 2 atom stereocenters. The van der Waals surface area contributed by atoms with Crippen LogP contribution in [0.2, 0.25) is 0 Å². The van der Waals surface area contributed by atoms with Gasteiger partial charge in [-0.05, 0) is 12.5 Å². The Balaban J connectivity index is 0.000000310. The molecule has 1 aromatic carbocycles. The lowest BCUT2D eigenvalue weighted by molar-refractivity contribution is 0.539. The Labute approximate surface area is 80.4 Å². The summed E-state index contributed by atoms with van der Waals surface area (Å²) >= 11 is -2.36. The van der Waals surface area contributed by atoms with Crippen molar-refractivity contribution in [3.8, 4) is 0 Å². The molecule has 0 spiro atoms. The smallest absolute Gasteiger partial charge is 0.0266 e. The molecule has 0 heterocycles. The van der Waals surface area contributed by atoms with Crippen LogP contribution in [0.1, 0.15) is 18.5 Å². The second-order valence-electron chi connectivity index (χ2n) is 2.46. The Morgan fingerprint density at radius 2 is 1.77 bits per heavy atom. The zero-order valence-corrected chi connectivity index (χ0v) is 8.16. The second-order valence-corrected chi connectivity index (χ2v) is 2.98. The molecule has 4 nitrogen and oxygen atoms in total. The third-order valence-electron chi connectivity index (χ3n) is 1.33. The minimum absolute atomic E-state index is 0.159. The molecule has 74 valence electrons. The average Bonchev–Trinajstić information content (AvgIpc) is 2.05. The van der Waals surface area contributed by atoms with Crippen LogP contribution >= 0.6 is 0 Å². The fourth-order valence-electron chi connectivity index (χ4n) is 0.757. The van der Waals surface area contributed by atoms with Crippen molar-refractivity contribution >= 4 is 11.3 Å². The van der Waals surface area contributed by atoms with Crippen LogP contribution in [-0.2, 0) is 11.3 Å². The molecule has 1 aromatic rings. The van der Waals surface area contributed by atoms with Crippen molar-refractivity contribution in [3.05, 3.63) is 35.9 Å². The summed E-state index contributed by atoms with van der Waals surface area (Å²) in [5, 5.41) is 4.03. The lowest BCUT2D eigenvalue weighted by atomic mass is 10.1. The van der Waals surface area contributed by atoms with Crippen LogP contribution in [0.15, 0.2) is 30.3 Å². The predicted molar refractivity (Wildman–Crippen MR) is 52.2 cm³/mol. The van der Waals surface area contributed by atoms with Crippen LogP contribution < -0.4 is 10.9 Å². The molecular formula is C8H13N2O2S-. The molecule has 0 amide bonds. The lowest BCUT2D eigenvalue weighted by Gasteiger charge is -2.02. The lowest BCUT2D eigenvalue weighted by Crippen LogP contribution is -2.03. The maximum absolute atomic E-state index is 8.78. The Morgan fingerprint density at radius 3 is 2.00 bits per heavy atom. The first kappa shape index (κ1) is 12.2. The molecule has 0 aromatic heterocycles. The highest BCUT2D eigenvalue weighted by Crippen LogP contribution is 2.06. The van der Waals surface area contributed by atoms with E-state index >= 15 is 0 Å². The highest BCUT2D eigenvalue weighted by atomic mass is 32.2. The van der Waals surface area contributed by atoms with Crippen LogP contribution in [0.5, 0.6) is 0 Å². The Morgan fingerprint density at radius 1 is 1.38 bits per heavy atom. The van der Waals surface area contributed by atoms with Crippen LogP contribution in [0, 0.1) is 0 Å². The zero-order valence-electron chi connectivity index (χ0n) is 7.34. The molecule has 0 saturated heterocycles. The van der Waals surface area contributed by atoms with E-state index in [4.69, 9.17) is 14.5 Å². The number of rotatable bonds is 1. The van der Waals surface area contributed by atoms with Gasteiger partial charge in [0.1, 0.15) is 0 Å². The molecule has 0 saturated carbocycles. The van der Waals surface area contributed by atoms with Crippen molar-refractivity contribution in [2.45, 2.75) is 13.0 Å². The Bertz CT molecular complexity index is 248. The molecule has 13 heavy (non-hydrogen) atoms. The van der Waals surface area contributed by atoms with Gasteiger partial charge in [0.25, 0.3) is 0 Å². The monoisotopic (exact) mass is 201 g/mol. The van der Waals surface area contributed by atoms with E-state index in [1.807, 2.05) is 37.3 Å². The summed E-state index contributed by atoms with van der Waals surface area (Å²) in [6, 6.07) is 10.2. The fraction of sp³-hybridized carbons (Fsp3) is 0.250. The van der Waals surface area contributed by atoms with Crippen molar-refractivity contribution in [1.29, 1.82) is 0 Å². The summed E-state index contributed by atoms with van der Waals surface area (Å²) in [7, 11) is 0. The van der Waals surface area contributed by atoms with Crippen LogP contribution in [0.4, 0.5) is 0 Å². The van der Waals surface area contributed by atoms with Gasteiger partial charge in [0, 0.05) is 17.3 Å². The molecule has 5 heteroatoms. The predicted octanol–water partition coefficient (Wildman–Crippen LogP) is 0.446. The van der Waals surface area contributed by atoms with Gasteiger partial charge in [0.15, 0.2) is 0 Å². The summed E-state index contributed by atoms with van der Waals surface area (Å²) in [5.74, 6) is 0. The van der Waals surface area contributed by atoms with E-state index in [2.05, 4.69) is 5.14 Å². The summed E-state index contributed by atoms with van der Waals surface area (Å²) in [6.07, 6.45) is 0. The molecule has 0 fully saturated rings. The zero-order chi connectivity index (χ0) is 10.3. The minimum Gasteiger partial charge on any atom is -0.760 e. The Kier molecular flexibility index (Phi) is 6.34. The Hall–Kier alpha value is -0.750. The van der Waals surface area contributed by atoms with Gasteiger partial charge >= 0.3 is 0 Å². The van der Waals surface area contributed by atoms with Crippen molar-refractivity contribution < 1.29 is 8.76 Å². The van der Waals surface area contributed by atoms with Crippen molar-refractivity contribution in [2.24, 2.45) is 10.9 Å². The normalized spacial score (nSPS) is 13.8. The van der Waals surface area contributed by atoms with E-state index < -0.39 is 11.3 Å². The average molecular weight is 201 g/mol. The molecule has 0 bridgehead atoms. The third kappa shape index (κ3) is 7.61. The maximum atomic E-state index is 8.78. The van der Waals surface area contributed by atoms with E-state index in [1.165, 1.54) is 5.56 Å². The highest BCUT2D eigenvalue weighted by Gasteiger charge is 1.93. The molecular weight excluding hydrogens is 188 g/mol. The van der Waals surface area contributed by atoms with Gasteiger partial charge in [-0.3, -0.25) is 9.35 Å². The summed E-state index contributed by atoms with van der Waals surface area (Å²) in [4.78, 5) is 0. The van der Waals surface area contributed by atoms with Crippen molar-refractivity contribution in [3.63, 3.8) is 0 Å². The maximum Gasteiger partial charge on any atom is 0.0266 e.